The van der Waals surface area contributed by atoms with Gasteiger partial charge in [-0.05, 0) is 93.0 Å². The molecule has 5 fully saturated rings. The first kappa shape index (κ1) is 29.5. The van der Waals surface area contributed by atoms with Gasteiger partial charge in [0.25, 0.3) is 0 Å². The fourth-order valence-corrected chi connectivity index (χ4v) is 10.1. The van der Waals surface area contributed by atoms with Crippen molar-refractivity contribution in [1.29, 1.82) is 0 Å². The third-order valence-corrected chi connectivity index (χ3v) is 12.4. The van der Waals surface area contributed by atoms with E-state index in [1.165, 1.54) is 6.92 Å². The van der Waals surface area contributed by atoms with Crippen molar-refractivity contribution in [3.05, 3.63) is 11.6 Å². The van der Waals surface area contributed by atoms with Gasteiger partial charge in [0, 0.05) is 18.4 Å². The Morgan fingerprint density at radius 1 is 1.00 bits per heavy atom. The molecule has 0 aromatic rings. The van der Waals surface area contributed by atoms with E-state index in [0.717, 1.165) is 44.1 Å². The number of rotatable bonds is 4. The highest BCUT2D eigenvalue weighted by Gasteiger charge is 2.72. The highest BCUT2D eigenvalue weighted by molar-refractivity contribution is 5.85. The van der Waals surface area contributed by atoms with Gasteiger partial charge in [-0.1, -0.05) is 13.8 Å². The molecule has 0 bridgehead atoms. The van der Waals surface area contributed by atoms with E-state index in [1.54, 1.807) is 13.0 Å². The number of aliphatic hydroxyl groups excluding tert-OH is 3. The zero-order chi connectivity index (χ0) is 29.5. The molecule has 1 saturated heterocycles. The summed E-state index contributed by atoms with van der Waals surface area (Å²) >= 11 is 0. The number of hydrogen-bond donors (Lipinski definition) is 4. The number of carbonyl (C=O) groups excluding carboxylic acids is 2. The lowest BCUT2D eigenvalue weighted by molar-refractivity contribution is -0.311. The molecule has 6 aliphatic rings. The number of aliphatic hydroxyl groups is 4. The molecule has 230 valence electrons. The predicted octanol–water partition coefficient (Wildman–Crippen LogP) is 2.00. The largest absolute Gasteiger partial charge is 0.462 e. The molecule has 14 atom stereocenters. The summed E-state index contributed by atoms with van der Waals surface area (Å²) in [6.07, 6.45) is 1.52. The van der Waals surface area contributed by atoms with Crippen LogP contribution in [-0.2, 0) is 28.5 Å². The van der Waals surface area contributed by atoms with Crippen LogP contribution in [0.15, 0.2) is 11.6 Å². The SMILES string of the molecule is CC(=O)OC1CC2C(CCC3CC(OC4OC(C)C(O)C(O)C4O)CCC32C)C2(O)CCC(C3=CC(=O)OC3)C12C. The van der Waals surface area contributed by atoms with Crippen LogP contribution in [0.5, 0.6) is 0 Å². The molecule has 0 aromatic carbocycles. The molecule has 0 amide bonds. The second-order valence-corrected chi connectivity index (χ2v) is 14.2. The van der Waals surface area contributed by atoms with Gasteiger partial charge in [0.15, 0.2) is 6.29 Å². The van der Waals surface area contributed by atoms with Crippen LogP contribution in [0.3, 0.4) is 0 Å². The maximum atomic E-state index is 12.7. The van der Waals surface area contributed by atoms with Crippen LogP contribution in [0, 0.1) is 34.5 Å². The molecule has 6 rings (SSSR count). The quantitative estimate of drug-likeness (QED) is 0.288. The van der Waals surface area contributed by atoms with Crippen LogP contribution < -0.4 is 0 Å². The summed E-state index contributed by atoms with van der Waals surface area (Å²) in [6, 6.07) is 0. The van der Waals surface area contributed by atoms with Gasteiger partial charge in [0.1, 0.15) is 31.0 Å². The van der Waals surface area contributed by atoms with Crippen molar-refractivity contribution >= 4 is 11.9 Å². The highest BCUT2D eigenvalue weighted by atomic mass is 16.7. The van der Waals surface area contributed by atoms with Crippen LogP contribution in [-0.4, -0.2) is 87.5 Å². The Kier molecular flexibility index (Phi) is 7.39. The standard InChI is InChI=1S/C31H46O10/c1-15-25(34)26(35)27(36)28(39-15)41-19-7-9-29(3)18(12-19)5-6-21-22(29)13-23(40-16(2)32)30(4)20(8-10-31(21,30)37)17-11-24(33)38-14-17/h11,15,18-23,25-28,34-37H,5-10,12-14H2,1-4H3. The van der Waals surface area contributed by atoms with Gasteiger partial charge >= 0.3 is 11.9 Å². The van der Waals surface area contributed by atoms with E-state index < -0.39 is 47.8 Å². The van der Waals surface area contributed by atoms with Gasteiger partial charge in [-0.2, -0.15) is 0 Å². The molecule has 10 nitrogen and oxygen atoms in total. The average Bonchev–Trinajstić information content (AvgIpc) is 3.47. The fourth-order valence-electron chi connectivity index (χ4n) is 10.1. The molecule has 4 aliphatic carbocycles. The van der Waals surface area contributed by atoms with Crippen LogP contribution in [0.1, 0.15) is 79.1 Å². The van der Waals surface area contributed by atoms with Crippen LogP contribution in [0.25, 0.3) is 0 Å². The Morgan fingerprint density at radius 3 is 2.44 bits per heavy atom. The van der Waals surface area contributed by atoms with E-state index in [2.05, 4.69) is 13.8 Å². The van der Waals surface area contributed by atoms with E-state index in [4.69, 9.17) is 18.9 Å². The van der Waals surface area contributed by atoms with Crippen molar-refractivity contribution in [1.82, 2.24) is 0 Å². The molecule has 2 heterocycles. The Bertz CT molecular complexity index is 1090. The second kappa shape index (κ2) is 10.3. The predicted molar refractivity (Wildman–Crippen MR) is 144 cm³/mol. The van der Waals surface area contributed by atoms with Crippen LogP contribution in [0.4, 0.5) is 0 Å². The van der Waals surface area contributed by atoms with E-state index in [9.17, 15) is 30.0 Å². The Hall–Kier alpha value is -1.56. The topological polar surface area (TPSA) is 152 Å². The van der Waals surface area contributed by atoms with Crippen molar-refractivity contribution in [2.24, 2.45) is 34.5 Å². The molecule has 2 aliphatic heterocycles. The lowest BCUT2D eigenvalue weighted by atomic mass is 9.42. The molecular weight excluding hydrogens is 532 g/mol. The second-order valence-electron chi connectivity index (χ2n) is 14.2. The third-order valence-electron chi connectivity index (χ3n) is 12.4. The van der Waals surface area contributed by atoms with Gasteiger partial charge in [-0.25, -0.2) is 4.79 Å². The molecule has 4 saturated carbocycles. The number of fused-ring (bicyclic) bond motifs is 5. The molecule has 10 heteroatoms. The highest BCUT2D eigenvalue weighted by Crippen LogP contribution is 2.70. The smallest absolute Gasteiger partial charge is 0.331 e. The van der Waals surface area contributed by atoms with Gasteiger partial charge in [-0.15, -0.1) is 0 Å². The lowest BCUT2D eigenvalue weighted by Gasteiger charge is -2.65. The zero-order valence-corrected chi connectivity index (χ0v) is 24.5. The van der Waals surface area contributed by atoms with Crippen molar-refractivity contribution in [2.45, 2.75) is 128 Å². The molecule has 0 aromatic heterocycles. The molecule has 41 heavy (non-hydrogen) atoms. The van der Waals surface area contributed by atoms with E-state index >= 15 is 0 Å². The summed E-state index contributed by atoms with van der Waals surface area (Å²) in [5, 5.41) is 43.4. The summed E-state index contributed by atoms with van der Waals surface area (Å²) in [5.74, 6) is -0.317. The molecular formula is C31H46O10. The van der Waals surface area contributed by atoms with E-state index in [1.807, 2.05) is 0 Å². The monoisotopic (exact) mass is 578 g/mol. The molecule has 14 unspecified atom stereocenters. The summed E-state index contributed by atoms with van der Waals surface area (Å²) in [4.78, 5) is 24.4. The third kappa shape index (κ3) is 4.42. The van der Waals surface area contributed by atoms with Gasteiger partial charge in [0.2, 0.25) is 0 Å². The Labute approximate surface area is 241 Å². The normalized spacial score (nSPS) is 53.0. The summed E-state index contributed by atoms with van der Waals surface area (Å²) in [5.41, 5.74) is -0.973. The molecule has 4 N–H and O–H groups in total. The Morgan fingerprint density at radius 2 is 1.76 bits per heavy atom. The minimum absolute atomic E-state index is 0.0441. The first-order valence-electron chi connectivity index (χ1n) is 15.4. The van der Waals surface area contributed by atoms with E-state index in [-0.39, 0.29) is 47.8 Å². The summed E-state index contributed by atoms with van der Waals surface area (Å²) in [6.45, 7) is 7.67. The maximum absolute atomic E-state index is 12.7. The van der Waals surface area contributed by atoms with Crippen molar-refractivity contribution in [3.8, 4) is 0 Å². The van der Waals surface area contributed by atoms with Crippen molar-refractivity contribution < 1.29 is 49.0 Å². The summed E-state index contributed by atoms with van der Waals surface area (Å²) < 4.78 is 23.2. The van der Waals surface area contributed by atoms with Gasteiger partial charge in [0.05, 0.1) is 17.8 Å². The fraction of sp³-hybridized carbons (Fsp3) is 0.871. The molecule has 0 radical (unpaired) electrons. The lowest BCUT2D eigenvalue weighted by Crippen LogP contribution is -2.67. The number of carbonyl (C=O) groups is 2. The first-order chi connectivity index (χ1) is 19.3. The Balaban J connectivity index is 1.24. The molecule has 0 spiro atoms. The zero-order valence-electron chi connectivity index (χ0n) is 24.5. The summed E-state index contributed by atoms with van der Waals surface area (Å²) in [7, 11) is 0. The maximum Gasteiger partial charge on any atom is 0.331 e. The minimum atomic E-state index is -1.33. The van der Waals surface area contributed by atoms with Crippen molar-refractivity contribution in [3.63, 3.8) is 0 Å². The minimum Gasteiger partial charge on any atom is -0.462 e. The number of hydrogen-bond acceptors (Lipinski definition) is 10. The number of cyclic esters (lactones) is 1. The first-order valence-corrected chi connectivity index (χ1v) is 15.4. The van der Waals surface area contributed by atoms with E-state index in [0.29, 0.717) is 18.8 Å². The van der Waals surface area contributed by atoms with Crippen LogP contribution in [0.2, 0.25) is 0 Å². The van der Waals surface area contributed by atoms with Crippen molar-refractivity contribution in [2.75, 3.05) is 6.61 Å². The van der Waals surface area contributed by atoms with Gasteiger partial charge < -0.3 is 39.4 Å². The average molecular weight is 579 g/mol. The van der Waals surface area contributed by atoms with Crippen LogP contribution >= 0.6 is 0 Å². The number of ether oxygens (including phenoxy) is 4. The number of esters is 2. The van der Waals surface area contributed by atoms with Gasteiger partial charge in [-0.3, -0.25) is 4.79 Å².